The van der Waals surface area contributed by atoms with Gasteiger partial charge in [-0.1, -0.05) is 67.4 Å². The van der Waals surface area contributed by atoms with Gasteiger partial charge in [-0.05, 0) is 24.1 Å². The number of carbonyl (C=O) groups is 2. The summed E-state index contributed by atoms with van der Waals surface area (Å²) in [6.07, 6.45) is 1.98. The van der Waals surface area contributed by atoms with Gasteiger partial charge in [0.2, 0.25) is 5.91 Å². The quantitative estimate of drug-likeness (QED) is 0.562. The van der Waals surface area contributed by atoms with Crippen LogP contribution >= 0.6 is 0 Å². The monoisotopic (exact) mass is 408 g/mol. The lowest BCUT2D eigenvalue weighted by Crippen LogP contribution is -2.47. The average molecular weight is 408 g/mol. The summed E-state index contributed by atoms with van der Waals surface area (Å²) in [6.45, 7) is 1.97. The fraction of sp³-hybridized carbons (Fsp3) is 0.318. The van der Waals surface area contributed by atoms with Crippen molar-refractivity contribution in [2.45, 2.75) is 44.7 Å². The van der Waals surface area contributed by atoms with Crippen molar-refractivity contribution >= 4 is 22.8 Å². The van der Waals surface area contributed by atoms with Crippen molar-refractivity contribution in [3.63, 3.8) is 0 Å². The van der Waals surface area contributed by atoms with E-state index in [0.29, 0.717) is 23.7 Å². The first kappa shape index (κ1) is 21.2. The zero-order valence-electron chi connectivity index (χ0n) is 16.7. The summed E-state index contributed by atoms with van der Waals surface area (Å²) in [5.41, 5.74) is 0.811. The molecule has 0 aliphatic carbocycles. The summed E-state index contributed by atoms with van der Waals surface area (Å²) in [7, 11) is 0. The summed E-state index contributed by atoms with van der Waals surface area (Å²) in [5, 5.41) is 20.6. The zero-order chi connectivity index (χ0) is 21.5. The molecule has 0 saturated heterocycles. The van der Waals surface area contributed by atoms with E-state index in [4.69, 9.17) is 0 Å². The number of aromatic nitrogens is 3. The van der Waals surface area contributed by atoms with Gasteiger partial charge < -0.3 is 10.4 Å². The van der Waals surface area contributed by atoms with Gasteiger partial charge in [-0.25, -0.2) is 4.79 Å². The second kappa shape index (κ2) is 9.78. The number of carbonyl (C=O) groups excluding carboxylic acids is 1. The lowest BCUT2D eigenvalue weighted by atomic mass is 10.0. The van der Waals surface area contributed by atoms with Crippen LogP contribution in [0.1, 0.15) is 37.8 Å². The Labute approximate surface area is 173 Å². The fourth-order valence-electron chi connectivity index (χ4n) is 3.29. The Hall–Kier alpha value is -3.55. The summed E-state index contributed by atoms with van der Waals surface area (Å²) in [5.74, 6) is -1.70. The minimum absolute atomic E-state index is 0.140. The van der Waals surface area contributed by atoms with Crippen LogP contribution < -0.4 is 10.9 Å². The number of fused-ring (bicyclic) bond motifs is 1. The predicted molar refractivity (Wildman–Crippen MR) is 112 cm³/mol. The number of hydrogen-bond donors (Lipinski definition) is 2. The molecule has 1 aromatic heterocycles. The number of carboxylic acid groups (broad SMARTS) is 1. The molecule has 1 heterocycles. The van der Waals surface area contributed by atoms with E-state index in [9.17, 15) is 19.5 Å². The maximum Gasteiger partial charge on any atom is 0.326 e. The van der Waals surface area contributed by atoms with Crippen molar-refractivity contribution in [3.8, 4) is 0 Å². The molecule has 1 amide bonds. The van der Waals surface area contributed by atoms with Gasteiger partial charge in [-0.3, -0.25) is 9.59 Å². The molecule has 0 bridgehead atoms. The van der Waals surface area contributed by atoms with Gasteiger partial charge in [0, 0.05) is 6.42 Å². The normalized spacial score (nSPS) is 13.0. The standard InChI is InChI=1S/C22H24N4O4/c1-2-3-13-19(26-21(28)16-11-7-8-12-17(16)24-25-26)20(27)23-18(22(29)30)14-15-9-5-4-6-10-15/h4-12,18-19H,2-3,13-14H2,1H3,(H,23,27)(H,29,30)/t18-,19-/m0/s1. The van der Waals surface area contributed by atoms with E-state index in [1.54, 1.807) is 36.4 Å². The maximum absolute atomic E-state index is 13.0. The molecule has 8 nitrogen and oxygen atoms in total. The molecule has 0 spiro atoms. The van der Waals surface area contributed by atoms with Gasteiger partial charge in [-0.15, -0.1) is 5.10 Å². The fourth-order valence-corrected chi connectivity index (χ4v) is 3.29. The molecule has 2 atom stereocenters. The van der Waals surface area contributed by atoms with Crippen LogP contribution in [0.25, 0.3) is 10.9 Å². The van der Waals surface area contributed by atoms with Crippen LogP contribution in [0, 0.1) is 0 Å². The van der Waals surface area contributed by atoms with Crippen molar-refractivity contribution in [2.75, 3.05) is 0 Å². The number of unbranched alkanes of at least 4 members (excludes halogenated alkanes) is 1. The topological polar surface area (TPSA) is 114 Å². The van der Waals surface area contributed by atoms with Crippen LogP contribution in [0.4, 0.5) is 0 Å². The number of nitrogens with one attached hydrogen (secondary N) is 1. The van der Waals surface area contributed by atoms with Crippen LogP contribution in [0.15, 0.2) is 59.4 Å². The molecule has 0 unspecified atom stereocenters. The molecule has 0 aliphatic rings. The zero-order valence-corrected chi connectivity index (χ0v) is 16.7. The number of hydrogen-bond acceptors (Lipinski definition) is 5. The highest BCUT2D eigenvalue weighted by Gasteiger charge is 2.28. The number of rotatable bonds is 9. The molecule has 0 aliphatic heterocycles. The SMILES string of the molecule is CCCC[C@@H](C(=O)N[C@@H](Cc1ccccc1)C(=O)O)n1nnc2ccccc2c1=O. The molecule has 3 rings (SSSR count). The smallest absolute Gasteiger partial charge is 0.326 e. The average Bonchev–Trinajstić information content (AvgIpc) is 2.75. The molecule has 30 heavy (non-hydrogen) atoms. The predicted octanol–water partition coefficient (Wildman–Crippen LogP) is 2.33. The molecule has 0 fully saturated rings. The first-order valence-corrected chi connectivity index (χ1v) is 9.92. The Kier molecular flexibility index (Phi) is 6.90. The lowest BCUT2D eigenvalue weighted by molar-refractivity contribution is -0.142. The number of nitrogens with zero attached hydrogens (tertiary/aromatic N) is 3. The summed E-state index contributed by atoms with van der Waals surface area (Å²) >= 11 is 0. The number of carboxylic acids is 1. The Balaban J connectivity index is 1.89. The maximum atomic E-state index is 13.0. The first-order chi connectivity index (χ1) is 14.5. The van der Waals surface area contributed by atoms with E-state index in [1.165, 1.54) is 0 Å². The van der Waals surface area contributed by atoms with Crippen molar-refractivity contribution in [3.05, 3.63) is 70.5 Å². The Morgan fingerprint density at radius 2 is 1.80 bits per heavy atom. The van der Waals surface area contributed by atoms with Crippen LogP contribution in [0.3, 0.4) is 0 Å². The molecular weight excluding hydrogens is 384 g/mol. The molecular formula is C22H24N4O4. The van der Waals surface area contributed by atoms with E-state index < -0.39 is 29.5 Å². The largest absolute Gasteiger partial charge is 0.480 e. The van der Waals surface area contributed by atoms with Crippen LogP contribution in [0.2, 0.25) is 0 Å². The van der Waals surface area contributed by atoms with Crippen molar-refractivity contribution in [1.82, 2.24) is 20.3 Å². The van der Waals surface area contributed by atoms with Gasteiger partial charge in [0.15, 0.2) is 0 Å². The summed E-state index contributed by atoms with van der Waals surface area (Å²) in [4.78, 5) is 37.7. The molecule has 2 N–H and O–H groups in total. The molecule has 8 heteroatoms. The molecule has 3 aromatic rings. The Bertz CT molecular complexity index is 1080. The summed E-state index contributed by atoms with van der Waals surface area (Å²) in [6, 6.07) is 13.8. The van der Waals surface area contributed by atoms with Gasteiger partial charge in [0.25, 0.3) is 5.56 Å². The van der Waals surface area contributed by atoms with E-state index >= 15 is 0 Å². The molecule has 2 aromatic carbocycles. The van der Waals surface area contributed by atoms with Crippen LogP contribution in [-0.2, 0) is 16.0 Å². The van der Waals surface area contributed by atoms with Crippen molar-refractivity contribution in [1.29, 1.82) is 0 Å². The molecule has 0 saturated carbocycles. The Morgan fingerprint density at radius 3 is 2.50 bits per heavy atom. The van der Waals surface area contributed by atoms with Crippen LogP contribution in [0.5, 0.6) is 0 Å². The highest BCUT2D eigenvalue weighted by molar-refractivity contribution is 5.86. The van der Waals surface area contributed by atoms with Gasteiger partial charge in [0.05, 0.1) is 5.39 Å². The highest BCUT2D eigenvalue weighted by Crippen LogP contribution is 2.15. The van der Waals surface area contributed by atoms with E-state index in [-0.39, 0.29) is 6.42 Å². The third kappa shape index (κ3) is 4.89. The summed E-state index contributed by atoms with van der Waals surface area (Å²) < 4.78 is 1.06. The minimum Gasteiger partial charge on any atom is -0.480 e. The highest BCUT2D eigenvalue weighted by atomic mass is 16.4. The first-order valence-electron chi connectivity index (χ1n) is 9.92. The number of aliphatic carboxylic acids is 1. The minimum atomic E-state index is -1.14. The van der Waals surface area contributed by atoms with Gasteiger partial charge in [-0.2, -0.15) is 4.68 Å². The van der Waals surface area contributed by atoms with E-state index in [2.05, 4.69) is 15.6 Å². The number of benzene rings is 2. The third-order valence-electron chi connectivity index (χ3n) is 4.92. The lowest BCUT2D eigenvalue weighted by Gasteiger charge is -2.21. The van der Waals surface area contributed by atoms with Gasteiger partial charge in [0.1, 0.15) is 17.6 Å². The molecule has 0 radical (unpaired) electrons. The second-order valence-corrected chi connectivity index (χ2v) is 7.10. The van der Waals surface area contributed by atoms with Crippen LogP contribution in [-0.4, -0.2) is 38.0 Å². The third-order valence-corrected chi connectivity index (χ3v) is 4.92. The van der Waals surface area contributed by atoms with E-state index in [0.717, 1.165) is 16.7 Å². The number of amides is 1. The second-order valence-electron chi connectivity index (χ2n) is 7.10. The molecule has 156 valence electrons. The van der Waals surface area contributed by atoms with Crippen molar-refractivity contribution < 1.29 is 14.7 Å². The van der Waals surface area contributed by atoms with Crippen molar-refractivity contribution in [2.24, 2.45) is 0 Å². The van der Waals surface area contributed by atoms with E-state index in [1.807, 2.05) is 25.1 Å². The van der Waals surface area contributed by atoms with Gasteiger partial charge >= 0.3 is 5.97 Å². The Morgan fingerprint density at radius 1 is 1.10 bits per heavy atom.